The van der Waals surface area contributed by atoms with Gasteiger partial charge in [0.2, 0.25) is 10.0 Å². The van der Waals surface area contributed by atoms with Crippen molar-refractivity contribution in [1.82, 2.24) is 14.5 Å². The largest absolute Gasteiger partial charge is 0.465 e. The van der Waals surface area contributed by atoms with Crippen molar-refractivity contribution in [2.24, 2.45) is 0 Å². The molecule has 12 heteroatoms. The first-order valence-electron chi connectivity index (χ1n) is 9.50. The Labute approximate surface area is 193 Å². The van der Waals surface area contributed by atoms with Gasteiger partial charge in [0, 0.05) is 24.2 Å². The van der Waals surface area contributed by atoms with Crippen LogP contribution in [0.4, 0.5) is 4.79 Å². The minimum atomic E-state index is -4.10. The third-order valence-electron chi connectivity index (χ3n) is 5.44. The van der Waals surface area contributed by atoms with Gasteiger partial charge in [-0.15, -0.1) is 0 Å². The highest BCUT2D eigenvalue weighted by Crippen LogP contribution is 2.29. The van der Waals surface area contributed by atoms with Gasteiger partial charge < -0.3 is 10.0 Å². The molecular weight excluding hydrogens is 481 g/mol. The Morgan fingerprint density at radius 2 is 1.72 bits per heavy atom. The number of benzene rings is 2. The van der Waals surface area contributed by atoms with E-state index >= 15 is 0 Å². The number of fused-ring (bicyclic) bond motifs is 1. The quantitative estimate of drug-likeness (QED) is 0.611. The number of amides is 3. The maximum atomic E-state index is 12.8. The smallest absolute Gasteiger partial charge is 0.407 e. The molecule has 4 rings (SSSR count). The van der Waals surface area contributed by atoms with Crippen LogP contribution in [-0.4, -0.2) is 66.4 Å². The van der Waals surface area contributed by atoms with Crippen molar-refractivity contribution in [3.63, 3.8) is 0 Å². The van der Waals surface area contributed by atoms with Gasteiger partial charge in [0.15, 0.2) is 0 Å². The fourth-order valence-corrected chi connectivity index (χ4v) is 5.99. The lowest BCUT2D eigenvalue weighted by molar-refractivity contribution is 0.0603. The number of imide groups is 1. The SMILES string of the molecule is O=C1c2ccccc2C(=O)N1C[C@H]1C[C@@H](NS(=O)(=O)c2cc(Cl)ccc2Cl)CN1C(=O)O. The van der Waals surface area contributed by atoms with Crippen LogP contribution in [0.5, 0.6) is 0 Å². The van der Waals surface area contributed by atoms with Gasteiger partial charge in [0.25, 0.3) is 11.8 Å². The number of rotatable bonds is 5. The van der Waals surface area contributed by atoms with Crippen molar-refractivity contribution in [2.45, 2.75) is 23.4 Å². The molecule has 2 aromatic rings. The zero-order valence-corrected chi connectivity index (χ0v) is 18.7. The molecule has 3 amide bonds. The number of carbonyl (C=O) groups excluding carboxylic acids is 2. The average Bonchev–Trinajstić information content (AvgIpc) is 3.24. The predicted molar refractivity (Wildman–Crippen MR) is 116 cm³/mol. The predicted octanol–water partition coefficient (Wildman–Crippen LogP) is 2.69. The van der Waals surface area contributed by atoms with E-state index in [4.69, 9.17) is 23.2 Å². The van der Waals surface area contributed by atoms with Crippen molar-refractivity contribution >= 4 is 51.1 Å². The molecule has 0 radical (unpaired) electrons. The van der Waals surface area contributed by atoms with Crippen LogP contribution in [0.2, 0.25) is 10.0 Å². The van der Waals surface area contributed by atoms with Crippen LogP contribution >= 0.6 is 23.2 Å². The summed E-state index contributed by atoms with van der Waals surface area (Å²) in [6, 6.07) is 8.77. The van der Waals surface area contributed by atoms with Crippen LogP contribution in [0.25, 0.3) is 0 Å². The van der Waals surface area contributed by atoms with Gasteiger partial charge in [0.05, 0.1) is 22.2 Å². The summed E-state index contributed by atoms with van der Waals surface area (Å²) in [6.07, 6.45) is -1.22. The second-order valence-electron chi connectivity index (χ2n) is 7.48. The molecule has 2 aromatic carbocycles. The second-order valence-corrected chi connectivity index (χ2v) is 10.0. The Morgan fingerprint density at radius 1 is 1.09 bits per heavy atom. The normalized spacial score (nSPS) is 20.7. The van der Waals surface area contributed by atoms with E-state index in [0.29, 0.717) is 0 Å². The summed E-state index contributed by atoms with van der Waals surface area (Å²) < 4.78 is 28.1. The highest BCUT2D eigenvalue weighted by molar-refractivity contribution is 7.89. The van der Waals surface area contributed by atoms with Gasteiger partial charge in [-0.05, 0) is 36.8 Å². The molecule has 0 spiro atoms. The molecule has 0 saturated carbocycles. The number of carbonyl (C=O) groups is 3. The van der Waals surface area contributed by atoms with Crippen molar-refractivity contribution in [2.75, 3.05) is 13.1 Å². The molecule has 32 heavy (non-hydrogen) atoms. The molecule has 168 valence electrons. The number of likely N-dealkylation sites (tertiary alicyclic amines) is 1. The van der Waals surface area contributed by atoms with E-state index in [9.17, 15) is 27.9 Å². The Morgan fingerprint density at radius 3 is 2.31 bits per heavy atom. The van der Waals surface area contributed by atoms with Crippen molar-refractivity contribution in [1.29, 1.82) is 0 Å². The van der Waals surface area contributed by atoms with Crippen LogP contribution in [0.15, 0.2) is 47.4 Å². The molecule has 0 aliphatic carbocycles. The summed E-state index contributed by atoms with van der Waals surface area (Å²) in [6.45, 7) is -0.338. The zero-order chi connectivity index (χ0) is 23.2. The third kappa shape index (κ3) is 4.06. The standard InChI is InChI=1S/C20H17Cl2N3O6S/c21-11-5-6-16(22)17(7-11)32(30,31)23-12-8-13(24(9-12)20(28)29)10-25-18(26)14-3-1-2-4-15(14)19(25)27/h1-7,12-13,23H,8-10H2,(H,28,29)/t12-,13-/m1/s1. The lowest BCUT2D eigenvalue weighted by atomic mass is 10.1. The Balaban J connectivity index is 1.53. The van der Waals surface area contributed by atoms with E-state index in [1.54, 1.807) is 12.1 Å². The number of hydrogen-bond acceptors (Lipinski definition) is 5. The van der Waals surface area contributed by atoms with Crippen LogP contribution in [0, 0.1) is 0 Å². The fraction of sp³-hybridized carbons (Fsp3) is 0.250. The number of nitrogens with zero attached hydrogens (tertiary/aromatic N) is 2. The zero-order valence-electron chi connectivity index (χ0n) is 16.4. The highest BCUT2D eigenvalue weighted by atomic mass is 35.5. The Hall–Kier alpha value is -2.66. The maximum Gasteiger partial charge on any atom is 0.407 e. The van der Waals surface area contributed by atoms with Gasteiger partial charge in [-0.3, -0.25) is 14.5 Å². The fourth-order valence-electron chi connectivity index (χ4n) is 3.99. The minimum Gasteiger partial charge on any atom is -0.465 e. The Bertz CT molecular complexity index is 1200. The summed E-state index contributed by atoms with van der Waals surface area (Å²) in [4.78, 5) is 38.8. The molecule has 2 aliphatic heterocycles. The maximum absolute atomic E-state index is 12.8. The Kier molecular flexibility index (Phi) is 5.89. The van der Waals surface area contributed by atoms with Gasteiger partial charge >= 0.3 is 6.09 Å². The second kappa shape index (κ2) is 8.36. The van der Waals surface area contributed by atoms with Crippen LogP contribution in [0.3, 0.4) is 0 Å². The highest BCUT2D eigenvalue weighted by Gasteiger charge is 2.43. The summed E-state index contributed by atoms with van der Waals surface area (Å²) in [7, 11) is -4.10. The minimum absolute atomic E-state index is 0.0300. The van der Waals surface area contributed by atoms with Crippen LogP contribution < -0.4 is 4.72 Å². The molecule has 0 bridgehead atoms. The van der Waals surface area contributed by atoms with Crippen molar-refractivity contribution in [3.05, 3.63) is 63.6 Å². The topological polar surface area (TPSA) is 124 Å². The summed E-state index contributed by atoms with van der Waals surface area (Å²) in [5, 5.41) is 9.75. The molecule has 1 saturated heterocycles. The molecule has 0 unspecified atom stereocenters. The first kappa shape index (κ1) is 22.5. The van der Waals surface area contributed by atoms with Gasteiger partial charge in [-0.25, -0.2) is 17.9 Å². The first-order valence-corrected chi connectivity index (χ1v) is 11.7. The number of carboxylic acid groups (broad SMARTS) is 1. The molecule has 2 heterocycles. The molecule has 0 aromatic heterocycles. The number of nitrogens with one attached hydrogen (secondary N) is 1. The molecular formula is C20H17Cl2N3O6S. The van der Waals surface area contributed by atoms with Crippen molar-refractivity contribution in [3.8, 4) is 0 Å². The number of sulfonamides is 1. The van der Waals surface area contributed by atoms with E-state index in [2.05, 4.69) is 4.72 Å². The van der Waals surface area contributed by atoms with Gasteiger partial charge in [-0.2, -0.15) is 0 Å². The molecule has 9 nitrogen and oxygen atoms in total. The number of halogens is 2. The summed E-state index contributed by atoms with van der Waals surface area (Å²) in [5.74, 6) is -1.02. The van der Waals surface area contributed by atoms with E-state index in [-0.39, 0.29) is 45.6 Å². The molecule has 2 aliphatic rings. The average molecular weight is 498 g/mol. The van der Waals surface area contributed by atoms with E-state index in [1.807, 2.05) is 0 Å². The summed E-state index contributed by atoms with van der Waals surface area (Å²) >= 11 is 11.9. The first-order chi connectivity index (χ1) is 15.1. The lowest BCUT2D eigenvalue weighted by Gasteiger charge is -2.25. The van der Waals surface area contributed by atoms with Gasteiger partial charge in [0.1, 0.15) is 4.90 Å². The van der Waals surface area contributed by atoms with Gasteiger partial charge in [-0.1, -0.05) is 35.3 Å². The van der Waals surface area contributed by atoms with Crippen molar-refractivity contribution < 1.29 is 27.9 Å². The lowest BCUT2D eigenvalue weighted by Crippen LogP contribution is -2.44. The van der Waals surface area contributed by atoms with E-state index in [0.717, 1.165) is 9.80 Å². The third-order valence-corrected chi connectivity index (χ3v) is 7.67. The van der Waals surface area contributed by atoms with Crippen LogP contribution in [0.1, 0.15) is 27.1 Å². The summed E-state index contributed by atoms with van der Waals surface area (Å²) in [5.41, 5.74) is 0.510. The van der Waals surface area contributed by atoms with E-state index in [1.165, 1.54) is 30.3 Å². The molecule has 1 fully saturated rings. The number of hydrogen-bond donors (Lipinski definition) is 2. The molecule has 2 N–H and O–H groups in total. The van der Waals surface area contributed by atoms with Crippen LogP contribution in [-0.2, 0) is 10.0 Å². The van der Waals surface area contributed by atoms with E-state index < -0.39 is 40.0 Å². The monoisotopic (exact) mass is 497 g/mol. The molecule has 2 atom stereocenters.